The second-order valence-corrected chi connectivity index (χ2v) is 3.91. The van der Waals surface area contributed by atoms with E-state index in [9.17, 15) is 4.79 Å². The molecule has 0 aromatic carbocycles. The number of aryl methyl sites for hydroxylation is 2. The van der Waals surface area contributed by atoms with Crippen LogP contribution in [0.25, 0.3) is 11.0 Å². The molecule has 0 fully saturated rings. The molecular weight excluding hydrogens is 220 g/mol. The van der Waals surface area contributed by atoms with E-state index < -0.39 is 0 Å². The maximum atomic E-state index is 11.6. The summed E-state index contributed by atoms with van der Waals surface area (Å²) in [5.41, 5.74) is 1.59. The van der Waals surface area contributed by atoms with Crippen LogP contribution in [0.5, 0.6) is 0 Å². The van der Waals surface area contributed by atoms with Gasteiger partial charge >= 0.3 is 0 Å². The molecule has 2 heterocycles. The molecule has 2 aromatic heterocycles. The first kappa shape index (κ1) is 11.6. The van der Waals surface area contributed by atoms with Crippen molar-refractivity contribution < 1.29 is 4.79 Å². The summed E-state index contributed by atoms with van der Waals surface area (Å²) in [7, 11) is 3.63. The number of hydrogen-bond donors (Lipinski definition) is 3. The number of nitrogens with zero attached hydrogens (tertiary/aromatic N) is 3. The number of aromatic nitrogens is 4. The minimum Gasteiger partial charge on any atom is -0.319 e. The lowest BCUT2D eigenvalue weighted by Crippen LogP contribution is -2.19. The largest absolute Gasteiger partial charge is 0.319 e. The van der Waals surface area contributed by atoms with Gasteiger partial charge in [0.15, 0.2) is 5.65 Å². The third-order valence-corrected chi connectivity index (χ3v) is 2.58. The van der Waals surface area contributed by atoms with Crippen molar-refractivity contribution in [3.05, 3.63) is 5.69 Å². The number of aromatic amines is 1. The van der Waals surface area contributed by atoms with Gasteiger partial charge in [-0.2, -0.15) is 10.2 Å². The van der Waals surface area contributed by atoms with E-state index in [4.69, 9.17) is 0 Å². The fourth-order valence-corrected chi connectivity index (χ4v) is 1.76. The molecule has 0 saturated carbocycles. The molecule has 0 aliphatic carbocycles. The topological polar surface area (TPSA) is 87.6 Å². The summed E-state index contributed by atoms with van der Waals surface area (Å²) in [5, 5.41) is 17.8. The number of H-pyrrole nitrogens is 1. The van der Waals surface area contributed by atoms with Gasteiger partial charge in [-0.3, -0.25) is 9.89 Å². The van der Waals surface area contributed by atoms with E-state index >= 15 is 0 Å². The highest BCUT2D eigenvalue weighted by atomic mass is 16.1. The fourth-order valence-electron chi connectivity index (χ4n) is 1.76. The second-order valence-electron chi connectivity index (χ2n) is 3.91. The van der Waals surface area contributed by atoms with E-state index in [0.717, 1.165) is 16.7 Å². The highest BCUT2D eigenvalue weighted by Crippen LogP contribution is 2.23. The Labute approximate surface area is 98.6 Å². The maximum absolute atomic E-state index is 11.6. The highest BCUT2D eigenvalue weighted by Gasteiger charge is 2.14. The van der Waals surface area contributed by atoms with Gasteiger partial charge in [0.25, 0.3) is 0 Å². The molecule has 0 aliphatic rings. The van der Waals surface area contributed by atoms with Gasteiger partial charge < -0.3 is 10.6 Å². The zero-order valence-electron chi connectivity index (χ0n) is 10.2. The van der Waals surface area contributed by atoms with E-state index in [0.29, 0.717) is 18.8 Å². The SMILES string of the molecule is CNCCC(=O)Nc1[nH]nc2c1c(C)nn2C. The zero-order chi connectivity index (χ0) is 12.4. The van der Waals surface area contributed by atoms with Gasteiger partial charge in [0.05, 0.1) is 11.1 Å². The first-order chi connectivity index (χ1) is 8.13. The van der Waals surface area contributed by atoms with Crippen molar-refractivity contribution in [2.24, 2.45) is 7.05 Å². The summed E-state index contributed by atoms with van der Waals surface area (Å²) in [6.07, 6.45) is 0.427. The Balaban J connectivity index is 2.21. The summed E-state index contributed by atoms with van der Waals surface area (Å²) in [5.74, 6) is 0.569. The van der Waals surface area contributed by atoms with Crippen LogP contribution in [0.2, 0.25) is 0 Å². The van der Waals surface area contributed by atoms with E-state index in [1.54, 1.807) is 4.68 Å². The third kappa shape index (κ3) is 2.14. The number of fused-ring (bicyclic) bond motifs is 1. The van der Waals surface area contributed by atoms with Gasteiger partial charge in [-0.25, -0.2) is 4.68 Å². The monoisotopic (exact) mass is 236 g/mol. The number of nitrogens with one attached hydrogen (secondary N) is 3. The number of anilines is 1. The standard InChI is InChI=1S/C10H16N6O/c1-6-8-9(12-7(17)4-5-11-2)13-14-10(8)16(3)15-6/h11H,4-5H2,1-3H3,(H2,12,13,14,17). The van der Waals surface area contributed by atoms with Gasteiger partial charge in [0.2, 0.25) is 5.91 Å². The Morgan fingerprint density at radius 1 is 1.53 bits per heavy atom. The van der Waals surface area contributed by atoms with Crippen LogP contribution in [0.15, 0.2) is 0 Å². The molecule has 0 unspecified atom stereocenters. The Bertz CT molecular complexity index is 540. The molecule has 0 atom stereocenters. The lowest BCUT2D eigenvalue weighted by molar-refractivity contribution is -0.116. The number of hydrogen-bond acceptors (Lipinski definition) is 4. The van der Waals surface area contributed by atoms with Crippen molar-refractivity contribution in [1.29, 1.82) is 0 Å². The lowest BCUT2D eigenvalue weighted by atomic mass is 10.3. The quantitative estimate of drug-likeness (QED) is 0.705. The van der Waals surface area contributed by atoms with Crippen LogP contribution in [0.1, 0.15) is 12.1 Å². The lowest BCUT2D eigenvalue weighted by Gasteiger charge is -2.02. The number of carbonyl (C=O) groups excluding carboxylic acids is 1. The molecule has 0 bridgehead atoms. The van der Waals surface area contributed by atoms with Gasteiger partial charge in [0, 0.05) is 20.0 Å². The van der Waals surface area contributed by atoms with Gasteiger partial charge in [0.1, 0.15) is 5.82 Å². The van der Waals surface area contributed by atoms with Crippen molar-refractivity contribution in [1.82, 2.24) is 25.3 Å². The average molecular weight is 236 g/mol. The fraction of sp³-hybridized carbons (Fsp3) is 0.500. The van der Waals surface area contributed by atoms with E-state index in [1.807, 2.05) is 21.0 Å². The zero-order valence-corrected chi connectivity index (χ0v) is 10.2. The summed E-state index contributed by atoms with van der Waals surface area (Å²) >= 11 is 0. The van der Waals surface area contributed by atoms with Crippen molar-refractivity contribution in [3.8, 4) is 0 Å². The smallest absolute Gasteiger partial charge is 0.226 e. The highest BCUT2D eigenvalue weighted by molar-refractivity contribution is 5.99. The molecule has 0 aliphatic heterocycles. The summed E-state index contributed by atoms with van der Waals surface area (Å²) in [6.45, 7) is 2.54. The molecule has 7 nitrogen and oxygen atoms in total. The molecule has 3 N–H and O–H groups in total. The summed E-state index contributed by atoms with van der Waals surface area (Å²) in [4.78, 5) is 11.6. The number of rotatable bonds is 4. The number of carbonyl (C=O) groups is 1. The first-order valence-corrected chi connectivity index (χ1v) is 5.45. The molecule has 1 amide bonds. The Kier molecular flexibility index (Phi) is 3.10. The van der Waals surface area contributed by atoms with Crippen LogP contribution in [0, 0.1) is 6.92 Å². The molecular formula is C10H16N6O. The van der Waals surface area contributed by atoms with E-state index in [1.165, 1.54) is 0 Å². The second kappa shape index (κ2) is 4.54. The van der Waals surface area contributed by atoms with E-state index in [-0.39, 0.29) is 5.91 Å². The van der Waals surface area contributed by atoms with Crippen molar-refractivity contribution >= 4 is 22.8 Å². The van der Waals surface area contributed by atoms with Gasteiger partial charge in [-0.05, 0) is 14.0 Å². The molecule has 0 radical (unpaired) electrons. The maximum Gasteiger partial charge on any atom is 0.226 e. The normalized spacial score (nSPS) is 11.0. The average Bonchev–Trinajstić information content (AvgIpc) is 2.80. The third-order valence-electron chi connectivity index (χ3n) is 2.58. The molecule has 0 saturated heterocycles. The van der Waals surface area contributed by atoms with Crippen LogP contribution in [0.3, 0.4) is 0 Å². The molecule has 0 spiro atoms. The molecule has 2 rings (SSSR count). The van der Waals surface area contributed by atoms with Crippen molar-refractivity contribution in [2.75, 3.05) is 18.9 Å². The molecule has 2 aromatic rings. The number of amides is 1. The Hall–Kier alpha value is -1.89. The Morgan fingerprint density at radius 2 is 2.29 bits per heavy atom. The molecule has 92 valence electrons. The van der Waals surface area contributed by atoms with Crippen LogP contribution in [-0.4, -0.2) is 39.5 Å². The predicted octanol–water partition coefficient (Wildman–Crippen LogP) is 0.153. The molecule has 17 heavy (non-hydrogen) atoms. The predicted molar refractivity (Wildman–Crippen MR) is 64.8 cm³/mol. The van der Waals surface area contributed by atoms with Crippen molar-refractivity contribution in [3.63, 3.8) is 0 Å². The van der Waals surface area contributed by atoms with Gasteiger partial charge in [-0.1, -0.05) is 0 Å². The minimum absolute atomic E-state index is 0.0480. The van der Waals surface area contributed by atoms with E-state index in [2.05, 4.69) is 25.9 Å². The molecule has 7 heteroatoms. The van der Waals surface area contributed by atoms with Crippen LogP contribution in [-0.2, 0) is 11.8 Å². The summed E-state index contributed by atoms with van der Waals surface area (Å²) < 4.78 is 1.68. The first-order valence-electron chi connectivity index (χ1n) is 5.45. The van der Waals surface area contributed by atoms with Crippen LogP contribution >= 0.6 is 0 Å². The minimum atomic E-state index is -0.0480. The van der Waals surface area contributed by atoms with Crippen LogP contribution < -0.4 is 10.6 Å². The van der Waals surface area contributed by atoms with Crippen molar-refractivity contribution in [2.45, 2.75) is 13.3 Å². The summed E-state index contributed by atoms with van der Waals surface area (Å²) in [6, 6.07) is 0. The van der Waals surface area contributed by atoms with Crippen LogP contribution in [0.4, 0.5) is 5.82 Å². The van der Waals surface area contributed by atoms with Gasteiger partial charge in [-0.15, -0.1) is 0 Å². The Morgan fingerprint density at radius 3 is 3.00 bits per heavy atom.